The van der Waals surface area contributed by atoms with Gasteiger partial charge in [-0.25, -0.2) is 13.4 Å². The Morgan fingerprint density at radius 3 is 2.72 bits per heavy atom. The van der Waals surface area contributed by atoms with Crippen molar-refractivity contribution in [1.29, 1.82) is 0 Å². The van der Waals surface area contributed by atoms with E-state index in [-0.39, 0.29) is 18.2 Å². The zero-order chi connectivity index (χ0) is 13.8. The van der Waals surface area contributed by atoms with Crippen LogP contribution >= 0.6 is 0 Å². The number of aromatic nitrogens is 2. The van der Waals surface area contributed by atoms with Crippen molar-refractivity contribution in [3.05, 3.63) is 12.0 Å². The SMILES string of the molecule is COCCN(CC(=O)O)S(=O)(=O)c1cnc(C)[nH]1. The van der Waals surface area contributed by atoms with Gasteiger partial charge in [0.2, 0.25) is 0 Å². The summed E-state index contributed by atoms with van der Waals surface area (Å²) < 4.78 is 29.8. The molecule has 0 amide bonds. The van der Waals surface area contributed by atoms with Gasteiger partial charge in [-0.05, 0) is 6.92 Å². The van der Waals surface area contributed by atoms with Gasteiger partial charge in [0.25, 0.3) is 10.0 Å². The highest BCUT2D eigenvalue weighted by molar-refractivity contribution is 7.89. The summed E-state index contributed by atoms with van der Waals surface area (Å²) in [6.45, 7) is 1.06. The molecule has 0 bridgehead atoms. The van der Waals surface area contributed by atoms with Gasteiger partial charge in [0.15, 0.2) is 5.03 Å². The summed E-state index contributed by atoms with van der Waals surface area (Å²) >= 11 is 0. The molecule has 0 unspecified atom stereocenters. The van der Waals surface area contributed by atoms with E-state index in [1.807, 2.05) is 0 Å². The van der Waals surface area contributed by atoms with Crippen LogP contribution in [0.2, 0.25) is 0 Å². The largest absolute Gasteiger partial charge is 0.480 e. The highest BCUT2D eigenvalue weighted by atomic mass is 32.2. The number of carboxylic acids is 1. The number of hydrogen-bond acceptors (Lipinski definition) is 5. The van der Waals surface area contributed by atoms with Gasteiger partial charge in [-0.1, -0.05) is 0 Å². The highest BCUT2D eigenvalue weighted by Gasteiger charge is 2.27. The fraction of sp³-hybridized carbons (Fsp3) is 0.556. The van der Waals surface area contributed by atoms with Crippen molar-refractivity contribution in [2.75, 3.05) is 26.8 Å². The number of aliphatic carboxylic acids is 1. The zero-order valence-electron chi connectivity index (χ0n) is 10.1. The standard InChI is InChI=1S/C9H15N3O5S/c1-7-10-5-8(11-7)18(15,16)12(3-4-17-2)6-9(13)14/h5H,3-4,6H2,1-2H3,(H,10,11)(H,13,14). The predicted octanol–water partition coefficient (Wildman–Crippen LogP) is -0.560. The molecule has 0 saturated heterocycles. The number of rotatable bonds is 7. The summed E-state index contributed by atoms with van der Waals surface area (Å²) in [5.74, 6) is -0.790. The van der Waals surface area contributed by atoms with Crippen LogP contribution < -0.4 is 0 Å². The van der Waals surface area contributed by atoms with Crippen molar-refractivity contribution in [3.8, 4) is 0 Å². The molecule has 18 heavy (non-hydrogen) atoms. The molecule has 0 radical (unpaired) electrons. The second-order valence-electron chi connectivity index (χ2n) is 3.56. The van der Waals surface area contributed by atoms with E-state index in [1.165, 1.54) is 7.11 Å². The molecule has 0 aliphatic carbocycles. The maximum atomic E-state index is 12.1. The summed E-state index contributed by atoms with van der Waals surface area (Å²) in [4.78, 5) is 17.0. The Morgan fingerprint density at radius 2 is 2.28 bits per heavy atom. The Hall–Kier alpha value is -1.45. The molecule has 0 aromatic carbocycles. The highest BCUT2D eigenvalue weighted by Crippen LogP contribution is 2.12. The number of H-pyrrole nitrogens is 1. The molecule has 1 aromatic rings. The van der Waals surface area contributed by atoms with Crippen LogP contribution in [0.1, 0.15) is 5.82 Å². The van der Waals surface area contributed by atoms with E-state index in [4.69, 9.17) is 9.84 Å². The molecule has 1 heterocycles. The summed E-state index contributed by atoms with van der Waals surface area (Å²) in [5, 5.41) is 8.60. The van der Waals surface area contributed by atoms with E-state index in [0.29, 0.717) is 5.82 Å². The second-order valence-corrected chi connectivity index (χ2v) is 5.46. The summed E-state index contributed by atoms with van der Waals surface area (Å²) in [5.41, 5.74) is 0. The summed E-state index contributed by atoms with van der Waals surface area (Å²) in [6.07, 6.45) is 1.16. The summed E-state index contributed by atoms with van der Waals surface area (Å²) in [6, 6.07) is 0. The third kappa shape index (κ3) is 3.52. The first kappa shape index (κ1) is 14.6. The van der Waals surface area contributed by atoms with Gasteiger partial charge in [0.05, 0.1) is 12.8 Å². The molecule has 9 heteroatoms. The first-order valence-corrected chi connectivity index (χ1v) is 6.54. The van der Waals surface area contributed by atoms with Crippen LogP contribution in [0.15, 0.2) is 11.2 Å². The van der Waals surface area contributed by atoms with E-state index in [1.54, 1.807) is 6.92 Å². The molecule has 8 nitrogen and oxygen atoms in total. The minimum absolute atomic E-state index is 0.0385. The minimum atomic E-state index is -3.89. The number of ether oxygens (including phenoxy) is 1. The third-order valence-electron chi connectivity index (χ3n) is 2.15. The molecule has 0 spiro atoms. The number of carboxylic acid groups (broad SMARTS) is 1. The lowest BCUT2D eigenvalue weighted by atomic mass is 10.6. The third-order valence-corrected chi connectivity index (χ3v) is 3.91. The number of nitrogens with one attached hydrogen (secondary N) is 1. The maximum absolute atomic E-state index is 12.1. The Morgan fingerprint density at radius 1 is 1.61 bits per heavy atom. The molecule has 1 rings (SSSR count). The molecule has 102 valence electrons. The van der Waals surface area contributed by atoms with Crippen molar-refractivity contribution < 1.29 is 23.1 Å². The van der Waals surface area contributed by atoms with Crippen LogP contribution in [0.25, 0.3) is 0 Å². The van der Waals surface area contributed by atoms with Gasteiger partial charge in [-0.3, -0.25) is 4.79 Å². The minimum Gasteiger partial charge on any atom is -0.480 e. The van der Waals surface area contributed by atoms with Crippen LogP contribution in [-0.4, -0.2) is 60.6 Å². The number of aromatic amines is 1. The van der Waals surface area contributed by atoms with E-state index in [2.05, 4.69) is 9.97 Å². The predicted molar refractivity (Wildman–Crippen MR) is 61.6 cm³/mol. The van der Waals surface area contributed by atoms with Crippen LogP contribution in [0.5, 0.6) is 0 Å². The number of sulfonamides is 1. The van der Waals surface area contributed by atoms with Crippen LogP contribution in [0.4, 0.5) is 0 Å². The smallest absolute Gasteiger partial charge is 0.318 e. The van der Waals surface area contributed by atoms with E-state index >= 15 is 0 Å². The molecule has 0 saturated carbocycles. The molecule has 1 aromatic heterocycles. The molecule has 0 aliphatic heterocycles. The van der Waals surface area contributed by atoms with Gasteiger partial charge in [-0.15, -0.1) is 0 Å². The van der Waals surface area contributed by atoms with E-state index in [9.17, 15) is 13.2 Å². The second kappa shape index (κ2) is 5.94. The van der Waals surface area contributed by atoms with E-state index in [0.717, 1.165) is 10.5 Å². The number of methoxy groups -OCH3 is 1. The molecule has 0 fully saturated rings. The van der Waals surface area contributed by atoms with Crippen LogP contribution in [0.3, 0.4) is 0 Å². The number of nitrogens with zero attached hydrogens (tertiary/aromatic N) is 2. The van der Waals surface area contributed by atoms with Gasteiger partial charge < -0.3 is 14.8 Å². The average molecular weight is 277 g/mol. The average Bonchev–Trinajstić information content (AvgIpc) is 2.71. The number of hydrogen-bond donors (Lipinski definition) is 2. The lowest BCUT2D eigenvalue weighted by Crippen LogP contribution is -2.38. The first-order chi connectivity index (χ1) is 8.37. The Bertz CT molecular complexity index is 510. The molecular formula is C9H15N3O5S. The normalized spacial score (nSPS) is 11.9. The van der Waals surface area contributed by atoms with Crippen molar-refractivity contribution in [2.24, 2.45) is 0 Å². The van der Waals surface area contributed by atoms with Crippen molar-refractivity contribution in [2.45, 2.75) is 11.9 Å². The number of carbonyl (C=O) groups is 1. The lowest BCUT2D eigenvalue weighted by Gasteiger charge is -2.18. The van der Waals surface area contributed by atoms with Gasteiger partial charge >= 0.3 is 5.97 Å². The molecule has 2 N–H and O–H groups in total. The Labute approximate surface area is 105 Å². The van der Waals surface area contributed by atoms with Crippen LogP contribution in [-0.2, 0) is 19.6 Å². The molecular weight excluding hydrogens is 262 g/mol. The summed E-state index contributed by atoms with van der Waals surface area (Å²) in [7, 11) is -2.48. The van der Waals surface area contributed by atoms with Crippen molar-refractivity contribution in [1.82, 2.24) is 14.3 Å². The fourth-order valence-corrected chi connectivity index (χ4v) is 2.63. The topological polar surface area (TPSA) is 113 Å². The van der Waals surface area contributed by atoms with E-state index < -0.39 is 22.5 Å². The van der Waals surface area contributed by atoms with Gasteiger partial charge in [0.1, 0.15) is 12.4 Å². The lowest BCUT2D eigenvalue weighted by molar-refractivity contribution is -0.137. The molecule has 0 atom stereocenters. The van der Waals surface area contributed by atoms with Gasteiger partial charge in [-0.2, -0.15) is 4.31 Å². The Kier molecular flexibility index (Phi) is 4.82. The first-order valence-electron chi connectivity index (χ1n) is 5.10. The van der Waals surface area contributed by atoms with Crippen LogP contribution in [0, 0.1) is 6.92 Å². The number of aryl methyl sites for hydroxylation is 1. The monoisotopic (exact) mass is 277 g/mol. The van der Waals surface area contributed by atoms with Crippen molar-refractivity contribution in [3.63, 3.8) is 0 Å². The zero-order valence-corrected chi connectivity index (χ0v) is 10.9. The maximum Gasteiger partial charge on any atom is 0.318 e. The fourth-order valence-electron chi connectivity index (χ4n) is 1.30. The molecule has 0 aliphatic rings. The quantitative estimate of drug-likeness (QED) is 0.690. The van der Waals surface area contributed by atoms with Crippen molar-refractivity contribution >= 4 is 16.0 Å². The van der Waals surface area contributed by atoms with Gasteiger partial charge in [0, 0.05) is 13.7 Å². The number of imidazole rings is 1. The Balaban J connectivity index is 2.98.